The Bertz CT molecular complexity index is 1370. The summed E-state index contributed by atoms with van der Waals surface area (Å²) in [5.41, 5.74) is -1.56. The number of rotatable bonds is 12. The van der Waals surface area contributed by atoms with Crippen molar-refractivity contribution in [3.8, 4) is 0 Å². The number of hydrogen-bond acceptors (Lipinski definition) is 5. The Kier molecular flexibility index (Phi) is 11.9. The van der Waals surface area contributed by atoms with Crippen LogP contribution in [0.5, 0.6) is 0 Å². The molecule has 0 spiro atoms. The van der Waals surface area contributed by atoms with Crippen LogP contribution in [-0.2, 0) is 23.7 Å². The molecule has 2 aliphatic heterocycles. The number of aliphatic carboxylic acids is 1. The van der Waals surface area contributed by atoms with Crippen LogP contribution in [0.1, 0.15) is 80.0 Å². The number of carboxylic acids is 1. The van der Waals surface area contributed by atoms with Gasteiger partial charge in [-0.1, -0.05) is 56.2 Å². The van der Waals surface area contributed by atoms with E-state index < -0.39 is 35.5 Å². The van der Waals surface area contributed by atoms with Gasteiger partial charge in [0.1, 0.15) is 6.04 Å². The van der Waals surface area contributed by atoms with Gasteiger partial charge < -0.3 is 20.2 Å². The first-order chi connectivity index (χ1) is 23.2. The SMILES string of the molecule is C=C(NCc1cc(C(F)(F)F)cc(C(F)(F)F)c1)N(CC)C1CCN(C[C@H]2CN([C@@H](C(=O)O)C3CCCCC3)C[C@@H]2c2ccccc2)CC1. The van der Waals surface area contributed by atoms with Gasteiger partial charge in [-0.2, -0.15) is 26.3 Å². The molecule has 270 valence electrons. The predicted molar refractivity (Wildman–Crippen MR) is 177 cm³/mol. The molecule has 6 nitrogen and oxygen atoms in total. The Labute approximate surface area is 285 Å². The summed E-state index contributed by atoms with van der Waals surface area (Å²) in [6.45, 7) is 10.3. The van der Waals surface area contributed by atoms with Crippen molar-refractivity contribution < 1.29 is 36.2 Å². The fourth-order valence-electron chi connectivity index (χ4n) is 8.34. The monoisotopic (exact) mass is 694 g/mol. The van der Waals surface area contributed by atoms with E-state index in [9.17, 15) is 36.2 Å². The van der Waals surface area contributed by atoms with Gasteiger partial charge in [-0.15, -0.1) is 0 Å². The molecule has 5 rings (SSSR count). The molecule has 49 heavy (non-hydrogen) atoms. The van der Waals surface area contributed by atoms with Crippen molar-refractivity contribution in [1.29, 1.82) is 0 Å². The highest BCUT2D eigenvalue weighted by atomic mass is 19.4. The van der Waals surface area contributed by atoms with Gasteiger partial charge in [0.25, 0.3) is 0 Å². The summed E-state index contributed by atoms with van der Waals surface area (Å²) < 4.78 is 80.1. The quantitative estimate of drug-likeness (QED) is 0.221. The van der Waals surface area contributed by atoms with Gasteiger partial charge in [-0.3, -0.25) is 9.69 Å². The number of alkyl halides is 6. The molecule has 3 fully saturated rings. The van der Waals surface area contributed by atoms with E-state index in [-0.39, 0.29) is 42.0 Å². The molecule has 3 atom stereocenters. The third-order valence-corrected chi connectivity index (χ3v) is 10.8. The fraction of sp³-hybridized carbons (Fsp3) is 0.595. The van der Waals surface area contributed by atoms with Gasteiger partial charge in [0.2, 0.25) is 0 Å². The lowest BCUT2D eigenvalue weighted by Crippen LogP contribution is -2.48. The minimum absolute atomic E-state index is 0.112. The number of piperidine rings is 1. The topological polar surface area (TPSA) is 59.0 Å². The van der Waals surface area contributed by atoms with Gasteiger partial charge >= 0.3 is 18.3 Å². The molecule has 0 amide bonds. The number of carbonyl (C=O) groups is 1. The highest BCUT2D eigenvalue weighted by Gasteiger charge is 2.43. The normalized spacial score (nSPS) is 22.6. The van der Waals surface area contributed by atoms with Crippen molar-refractivity contribution in [3.63, 3.8) is 0 Å². The summed E-state index contributed by atoms with van der Waals surface area (Å²) in [6, 6.07) is 11.6. The number of hydrogen-bond donors (Lipinski definition) is 2. The Hall–Kier alpha value is -3.25. The fourth-order valence-corrected chi connectivity index (χ4v) is 8.34. The van der Waals surface area contributed by atoms with E-state index in [2.05, 4.69) is 33.8 Å². The summed E-state index contributed by atoms with van der Waals surface area (Å²) in [6.07, 6.45) is -2.89. The first kappa shape index (κ1) is 37.0. The van der Waals surface area contributed by atoms with Gasteiger partial charge in [-0.25, -0.2) is 0 Å². The molecule has 3 aliphatic rings. The van der Waals surface area contributed by atoms with Crippen LogP contribution in [0.15, 0.2) is 60.9 Å². The van der Waals surface area contributed by atoms with Crippen LogP contribution in [0.25, 0.3) is 0 Å². The molecule has 2 aromatic rings. The highest BCUT2D eigenvalue weighted by molar-refractivity contribution is 5.74. The number of carboxylic acid groups (broad SMARTS) is 1. The Morgan fingerprint density at radius 3 is 2.10 bits per heavy atom. The van der Waals surface area contributed by atoms with Gasteiger partial charge in [-0.05, 0) is 73.8 Å². The number of nitrogens with one attached hydrogen (secondary N) is 1. The van der Waals surface area contributed by atoms with Crippen LogP contribution in [0.3, 0.4) is 0 Å². The van der Waals surface area contributed by atoms with E-state index in [1.807, 2.05) is 30.0 Å². The lowest BCUT2D eigenvalue weighted by molar-refractivity contribution is -0.146. The molecule has 0 aromatic heterocycles. The molecule has 1 saturated carbocycles. The van der Waals surface area contributed by atoms with Crippen LogP contribution >= 0.6 is 0 Å². The maximum atomic E-state index is 13.3. The Morgan fingerprint density at radius 2 is 1.55 bits per heavy atom. The summed E-state index contributed by atoms with van der Waals surface area (Å²) >= 11 is 0. The van der Waals surface area contributed by atoms with E-state index in [1.165, 1.54) is 12.0 Å². The lowest BCUT2D eigenvalue weighted by atomic mass is 9.83. The molecule has 0 radical (unpaired) electrons. The van der Waals surface area contributed by atoms with E-state index >= 15 is 0 Å². The summed E-state index contributed by atoms with van der Waals surface area (Å²) in [5.74, 6) is 0.429. The van der Waals surface area contributed by atoms with E-state index in [0.717, 1.165) is 83.4 Å². The lowest BCUT2D eigenvalue weighted by Gasteiger charge is -2.41. The molecule has 2 saturated heterocycles. The van der Waals surface area contributed by atoms with Crippen LogP contribution < -0.4 is 5.32 Å². The average molecular weight is 695 g/mol. The second-order valence-electron chi connectivity index (χ2n) is 13.9. The standard InChI is InChI=1S/C37H48F6N4O2/c1-3-47(25(2)44-21-26-18-30(36(38,39)40)20-31(19-26)37(41,42)43)32-14-16-45(17-15-32)22-29-23-46(24-33(29)27-10-6-4-7-11-27)34(35(48)49)28-12-8-5-9-13-28/h4,6-7,10-11,18-20,28-29,32-34,44H,2-3,5,8-9,12-17,21-24H2,1H3,(H,48,49)/t29-,33+,34+/m0/s1. The maximum absolute atomic E-state index is 13.3. The Morgan fingerprint density at radius 1 is 0.939 bits per heavy atom. The summed E-state index contributed by atoms with van der Waals surface area (Å²) in [7, 11) is 0. The average Bonchev–Trinajstić information content (AvgIpc) is 3.47. The van der Waals surface area contributed by atoms with Crippen molar-refractivity contribution >= 4 is 5.97 Å². The van der Waals surface area contributed by atoms with E-state index in [1.54, 1.807) is 0 Å². The minimum Gasteiger partial charge on any atom is -0.480 e. The molecular formula is C37H48F6N4O2. The van der Waals surface area contributed by atoms with Crippen molar-refractivity contribution in [2.45, 2.75) is 88.8 Å². The van der Waals surface area contributed by atoms with E-state index in [4.69, 9.17) is 0 Å². The van der Waals surface area contributed by atoms with Crippen molar-refractivity contribution in [2.24, 2.45) is 11.8 Å². The summed E-state index contributed by atoms with van der Waals surface area (Å²) in [5, 5.41) is 13.3. The predicted octanol–water partition coefficient (Wildman–Crippen LogP) is 7.82. The van der Waals surface area contributed by atoms with Gasteiger partial charge in [0.05, 0.1) is 16.9 Å². The van der Waals surface area contributed by atoms with Crippen LogP contribution in [0.2, 0.25) is 0 Å². The molecular weight excluding hydrogens is 646 g/mol. The van der Waals surface area contributed by atoms with Gasteiger partial charge in [0, 0.05) is 57.8 Å². The highest BCUT2D eigenvalue weighted by Crippen LogP contribution is 2.39. The zero-order valence-corrected chi connectivity index (χ0v) is 28.1. The Balaban J connectivity index is 1.20. The second-order valence-corrected chi connectivity index (χ2v) is 13.9. The molecule has 0 unspecified atom stereocenters. The third-order valence-electron chi connectivity index (χ3n) is 10.8. The molecule has 2 aromatic carbocycles. The molecule has 12 heteroatoms. The number of benzene rings is 2. The molecule has 1 aliphatic carbocycles. The number of likely N-dealkylation sites (tertiary alicyclic amines) is 2. The molecule has 2 heterocycles. The summed E-state index contributed by atoms with van der Waals surface area (Å²) in [4.78, 5) is 19.3. The third kappa shape index (κ3) is 9.31. The molecule has 2 N–H and O–H groups in total. The van der Waals surface area contributed by atoms with Crippen molar-refractivity contribution in [2.75, 3.05) is 39.3 Å². The first-order valence-electron chi connectivity index (χ1n) is 17.5. The van der Waals surface area contributed by atoms with Crippen LogP contribution in [0.4, 0.5) is 26.3 Å². The van der Waals surface area contributed by atoms with Crippen molar-refractivity contribution in [3.05, 3.63) is 83.2 Å². The zero-order valence-electron chi connectivity index (χ0n) is 28.1. The maximum Gasteiger partial charge on any atom is 0.416 e. The zero-order chi connectivity index (χ0) is 35.3. The second kappa shape index (κ2) is 15.7. The molecule has 0 bridgehead atoms. The smallest absolute Gasteiger partial charge is 0.416 e. The van der Waals surface area contributed by atoms with Crippen LogP contribution in [0, 0.1) is 11.8 Å². The van der Waals surface area contributed by atoms with Crippen LogP contribution in [-0.4, -0.2) is 77.1 Å². The van der Waals surface area contributed by atoms with Gasteiger partial charge in [0.15, 0.2) is 0 Å². The minimum atomic E-state index is -4.90. The number of nitrogens with zero attached hydrogens (tertiary/aromatic N) is 3. The largest absolute Gasteiger partial charge is 0.480 e. The van der Waals surface area contributed by atoms with Crippen molar-refractivity contribution in [1.82, 2.24) is 20.0 Å². The first-order valence-corrected chi connectivity index (χ1v) is 17.5. The van der Waals surface area contributed by atoms with E-state index in [0.29, 0.717) is 12.4 Å². The number of halogens is 6.